The van der Waals surface area contributed by atoms with Gasteiger partial charge in [0.25, 0.3) is 0 Å². The molecule has 2 aromatic carbocycles. The number of halogens is 1. The molecule has 0 saturated carbocycles. The molecule has 1 aliphatic heterocycles. The average molecular weight is 431 g/mol. The van der Waals surface area contributed by atoms with E-state index in [0.717, 1.165) is 39.4 Å². The Hall–Kier alpha value is -2.12. The van der Waals surface area contributed by atoms with Crippen molar-refractivity contribution < 1.29 is 9.84 Å². The van der Waals surface area contributed by atoms with Gasteiger partial charge in [0.2, 0.25) is 0 Å². The lowest BCUT2D eigenvalue weighted by atomic mass is 10.1. The van der Waals surface area contributed by atoms with Crippen molar-refractivity contribution in [1.82, 2.24) is 15.5 Å². The summed E-state index contributed by atoms with van der Waals surface area (Å²) in [6, 6.07) is 15.8. The second-order valence-electron chi connectivity index (χ2n) is 7.27. The maximum Gasteiger partial charge on any atom is 0.191 e. The number of benzene rings is 2. The molecule has 0 aromatic heterocycles. The molecule has 3 rings (SSSR count). The van der Waals surface area contributed by atoms with Crippen molar-refractivity contribution >= 4 is 17.6 Å². The van der Waals surface area contributed by atoms with Crippen LogP contribution in [0.4, 0.5) is 0 Å². The van der Waals surface area contributed by atoms with Crippen LogP contribution in [-0.4, -0.2) is 55.4 Å². The van der Waals surface area contributed by atoms with E-state index in [1.165, 1.54) is 11.1 Å². The van der Waals surface area contributed by atoms with Crippen molar-refractivity contribution in [1.29, 1.82) is 0 Å². The topological polar surface area (TPSA) is 69.1 Å². The zero-order valence-electron chi connectivity index (χ0n) is 17.5. The van der Waals surface area contributed by atoms with Gasteiger partial charge in [-0.2, -0.15) is 0 Å². The van der Waals surface area contributed by atoms with Gasteiger partial charge in [-0.15, -0.1) is 0 Å². The van der Waals surface area contributed by atoms with E-state index in [2.05, 4.69) is 39.8 Å². The molecule has 7 heteroatoms. The number of nitrogens with one attached hydrogen (secondary N) is 2. The highest BCUT2D eigenvalue weighted by Crippen LogP contribution is 2.21. The molecule has 1 atom stereocenters. The van der Waals surface area contributed by atoms with Crippen molar-refractivity contribution in [3.05, 3.63) is 70.2 Å². The van der Waals surface area contributed by atoms with Crippen molar-refractivity contribution in [2.24, 2.45) is 4.99 Å². The number of aliphatic imine (C=N–C) groups is 1. The van der Waals surface area contributed by atoms with Gasteiger partial charge in [0.15, 0.2) is 5.96 Å². The van der Waals surface area contributed by atoms with Gasteiger partial charge in [-0.25, -0.2) is 4.99 Å². The zero-order valence-corrected chi connectivity index (χ0v) is 18.2. The molecule has 6 nitrogen and oxygen atoms in total. The molecular formula is C23H31ClN4O2. The highest BCUT2D eigenvalue weighted by atomic mass is 35.5. The fraction of sp³-hybridized carbons (Fsp3) is 0.435. The van der Waals surface area contributed by atoms with Crippen LogP contribution in [0, 0.1) is 0 Å². The lowest BCUT2D eigenvalue weighted by molar-refractivity contribution is 0.0341. The van der Waals surface area contributed by atoms with E-state index in [4.69, 9.17) is 21.3 Å². The highest BCUT2D eigenvalue weighted by Gasteiger charge is 2.14. The average Bonchev–Trinajstić information content (AvgIpc) is 2.77. The third-order valence-electron chi connectivity index (χ3n) is 5.09. The van der Waals surface area contributed by atoms with Crippen LogP contribution < -0.4 is 10.6 Å². The van der Waals surface area contributed by atoms with E-state index >= 15 is 0 Å². The zero-order chi connectivity index (χ0) is 21.2. The van der Waals surface area contributed by atoms with Crippen LogP contribution in [0.1, 0.15) is 29.7 Å². The SMILES string of the molecule is CCNC(=NCc1ccccc1CN1CCOCC1)NCC(O)c1ccccc1Cl. The molecule has 1 aliphatic rings. The Kier molecular flexibility index (Phi) is 8.96. The smallest absolute Gasteiger partial charge is 0.191 e. The van der Waals surface area contributed by atoms with E-state index in [1.807, 2.05) is 25.1 Å². The van der Waals surface area contributed by atoms with Crippen LogP contribution in [0.3, 0.4) is 0 Å². The minimum Gasteiger partial charge on any atom is -0.387 e. The van der Waals surface area contributed by atoms with Crippen LogP contribution in [0.5, 0.6) is 0 Å². The van der Waals surface area contributed by atoms with Gasteiger partial charge in [0.1, 0.15) is 0 Å². The summed E-state index contributed by atoms with van der Waals surface area (Å²) in [6.45, 7) is 8.07. The van der Waals surface area contributed by atoms with Crippen molar-refractivity contribution in [3.63, 3.8) is 0 Å². The normalized spacial score (nSPS) is 16.3. The van der Waals surface area contributed by atoms with Gasteiger partial charge in [0, 0.05) is 43.3 Å². The molecule has 30 heavy (non-hydrogen) atoms. The molecule has 1 heterocycles. The number of hydrogen-bond donors (Lipinski definition) is 3. The first kappa shape index (κ1) is 22.6. The van der Waals surface area contributed by atoms with E-state index in [1.54, 1.807) is 6.07 Å². The maximum absolute atomic E-state index is 10.5. The van der Waals surface area contributed by atoms with Crippen molar-refractivity contribution in [2.45, 2.75) is 26.1 Å². The van der Waals surface area contributed by atoms with Crippen molar-refractivity contribution in [2.75, 3.05) is 39.4 Å². The Bertz CT molecular complexity index is 824. The number of aliphatic hydroxyl groups excluding tert-OH is 1. The molecule has 0 spiro atoms. The van der Waals surface area contributed by atoms with Gasteiger partial charge < -0.3 is 20.5 Å². The van der Waals surface area contributed by atoms with Crippen LogP contribution in [0.25, 0.3) is 0 Å². The van der Waals surface area contributed by atoms with Gasteiger partial charge in [-0.1, -0.05) is 54.1 Å². The van der Waals surface area contributed by atoms with E-state index < -0.39 is 6.10 Å². The third kappa shape index (κ3) is 6.71. The van der Waals surface area contributed by atoms with Crippen LogP contribution in [-0.2, 0) is 17.8 Å². The summed E-state index contributed by atoms with van der Waals surface area (Å²) in [5, 5.41) is 17.5. The fourth-order valence-electron chi connectivity index (χ4n) is 3.42. The summed E-state index contributed by atoms with van der Waals surface area (Å²) in [5.74, 6) is 0.671. The van der Waals surface area contributed by atoms with E-state index in [-0.39, 0.29) is 0 Å². The first-order valence-corrected chi connectivity index (χ1v) is 10.9. The number of rotatable bonds is 8. The molecule has 1 unspecified atom stereocenters. The quantitative estimate of drug-likeness (QED) is 0.443. The summed E-state index contributed by atoms with van der Waals surface area (Å²) in [5.41, 5.74) is 3.20. The highest BCUT2D eigenvalue weighted by molar-refractivity contribution is 6.31. The predicted octanol–water partition coefficient (Wildman–Crippen LogP) is 2.96. The van der Waals surface area contributed by atoms with Gasteiger partial charge >= 0.3 is 0 Å². The molecule has 0 amide bonds. The van der Waals surface area contributed by atoms with Gasteiger partial charge in [-0.05, 0) is 24.1 Å². The molecule has 1 fully saturated rings. The monoisotopic (exact) mass is 430 g/mol. The fourth-order valence-corrected chi connectivity index (χ4v) is 3.68. The second-order valence-corrected chi connectivity index (χ2v) is 7.68. The van der Waals surface area contributed by atoms with Crippen LogP contribution in [0.2, 0.25) is 5.02 Å². The number of ether oxygens (including phenoxy) is 1. The molecule has 3 N–H and O–H groups in total. The first-order valence-electron chi connectivity index (χ1n) is 10.5. The standard InChI is InChI=1S/C23H31ClN4O2/c1-2-25-23(27-16-22(29)20-9-5-6-10-21(20)24)26-15-18-7-3-4-8-19(18)17-28-11-13-30-14-12-28/h3-10,22,29H,2,11-17H2,1H3,(H2,25,26,27). The van der Waals surface area contributed by atoms with Gasteiger partial charge in [0.05, 0.1) is 25.9 Å². The summed E-state index contributed by atoms with van der Waals surface area (Å²) in [6.07, 6.45) is -0.712. The Balaban J connectivity index is 1.62. The Morgan fingerprint density at radius 3 is 2.53 bits per heavy atom. The molecular weight excluding hydrogens is 400 g/mol. The third-order valence-corrected chi connectivity index (χ3v) is 5.44. The Morgan fingerprint density at radius 1 is 1.10 bits per heavy atom. The summed E-state index contributed by atoms with van der Waals surface area (Å²) in [4.78, 5) is 7.14. The first-order chi connectivity index (χ1) is 14.7. The van der Waals surface area contributed by atoms with E-state index in [0.29, 0.717) is 29.6 Å². The molecule has 2 aromatic rings. The second kappa shape index (κ2) is 11.9. The van der Waals surface area contributed by atoms with Gasteiger partial charge in [-0.3, -0.25) is 4.90 Å². The lowest BCUT2D eigenvalue weighted by Crippen LogP contribution is -2.39. The number of aliphatic hydroxyl groups is 1. The Labute approximate surface area is 183 Å². The summed E-state index contributed by atoms with van der Waals surface area (Å²) >= 11 is 6.19. The minimum atomic E-state index is -0.712. The van der Waals surface area contributed by atoms with E-state index in [9.17, 15) is 5.11 Å². The molecule has 0 radical (unpaired) electrons. The number of morpholine rings is 1. The van der Waals surface area contributed by atoms with Crippen LogP contribution >= 0.6 is 11.6 Å². The predicted molar refractivity (Wildman–Crippen MR) is 122 cm³/mol. The number of nitrogens with zero attached hydrogens (tertiary/aromatic N) is 2. The summed E-state index contributed by atoms with van der Waals surface area (Å²) in [7, 11) is 0. The lowest BCUT2D eigenvalue weighted by Gasteiger charge is -2.27. The minimum absolute atomic E-state index is 0.324. The maximum atomic E-state index is 10.5. The molecule has 0 bridgehead atoms. The molecule has 0 aliphatic carbocycles. The Morgan fingerprint density at radius 2 is 1.80 bits per heavy atom. The molecule has 1 saturated heterocycles. The number of hydrogen-bond acceptors (Lipinski definition) is 4. The molecule has 162 valence electrons. The van der Waals surface area contributed by atoms with Crippen LogP contribution in [0.15, 0.2) is 53.5 Å². The number of guanidine groups is 1. The van der Waals surface area contributed by atoms with Crippen molar-refractivity contribution in [3.8, 4) is 0 Å². The summed E-state index contributed by atoms with van der Waals surface area (Å²) < 4.78 is 5.45. The largest absolute Gasteiger partial charge is 0.387 e.